The lowest BCUT2D eigenvalue weighted by molar-refractivity contribution is -0.393. The molecule has 3 heterocycles. The molecule has 1 aliphatic heterocycles. The highest BCUT2D eigenvalue weighted by atomic mass is 32.1. The minimum Gasteiger partial charge on any atom is -0.267 e. The molecule has 178 valence electrons. The quantitative estimate of drug-likeness (QED) is 0.202. The van der Waals surface area contributed by atoms with Gasteiger partial charge in [-0.1, -0.05) is 24.3 Å². The minimum atomic E-state index is -0.777. The summed E-state index contributed by atoms with van der Waals surface area (Å²) in [6, 6.07) is 16.4. The van der Waals surface area contributed by atoms with Gasteiger partial charge in [0, 0.05) is 17.8 Å². The van der Waals surface area contributed by atoms with E-state index in [4.69, 9.17) is 5.10 Å². The molecule has 0 saturated carbocycles. The Morgan fingerprint density at radius 2 is 1.78 bits per heavy atom. The molecule has 12 heteroatoms. The van der Waals surface area contributed by atoms with Crippen LogP contribution in [0, 0.1) is 20.2 Å². The van der Waals surface area contributed by atoms with Crippen molar-refractivity contribution >= 4 is 46.1 Å². The van der Waals surface area contributed by atoms with Gasteiger partial charge >= 0.3 is 5.69 Å². The first-order valence-electron chi connectivity index (χ1n) is 10.6. The third-order valence-electron chi connectivity index (χ3n) is 5.47. The second kappa shape index (κ2) is 9.00. The molecule has 0 N–H and O–H groups in total. The number of nitro benzene ring substituents is 2. The number of carbonyl (C=O) groups is 1. The van der Waals surface area contributed by atoms with Crippen LogP contribution in [0.15, 0.2) is 82.9 Å². The molecule has 0 unspecified atom stereocenters. The average Bonchev–Trinajstić information content (AvgIpc) is 3.60. The molecule has 5 rings (SSSR count). The van der Waals surface area contributed by atoms with Crippen LogP contribution in [0.3, 0.4) is 0 Å². The van der Waals surface area contributed by atoms with Gasteiger partial charge in [0.2, 0.25) is 0 Å². The predicted octanol–water partition coefficient (Wildman–Crippen LogP) is 5.22. The zero-order valence-corrected chi connectivity index (χ0v) is 19.5. The van der Waals surface area contributed by atoms with Crippen LogP contribution in [-0.4, -0.2) is 31.2 Å². The maximum absolute atomic E-state index is 13.4. The van der Waals surface area contributed by atoms with E-state index >= 15 is 0 Å². The number of benzene rings is 2. The summed E-state index contributed by atoms with van der Waals surface area (Å²) < 4.78 is 1.71. The van der Waals surface area contributed by atoms with Crippen molar-refractivity contribution in [2.75, 3.05) is 5.01 Å². The van der Waals surface area contributed by atoms with Crippen LogP contribution in [0.25, 0.3) is 22.3 Å². The standard InChI is InChI=1S/C24H16N6O5S/c1-15-19(24(31)28(25-15)20-10-9-18(29(32)33)13-21(20)30(34)35)12-16-14-27(17-6-3-2-4-7-17)26-23(16)22-8-5-11-36-22/h2-14H,1H3/b19-12-. The lowest BCUT2D eigenvalue weighted by Crippen LogP contribution is -2.22. The fourth-order valence-corrected chi connectivity index (χ4v) is 4.50. The zero-order valence-electron chi connectivity index (χ0n) is 18.6. The number of hydrazone groups is 1. The maximum Gasteiger partial charge on any atom is 0.301 e. The number of hydrogen-bond acceptors (Lipinski definition) is 8. The summed E-state index contributed by atoms with van der Waals surface area (Å²) in [5.74, 6) is -0.589. The number of rotatable bonds is 6. The number of thiophene rings is 1. The van der Waals surface area contributed by atoms with Crippen LogP contribution in [0.4, 0.5) is 17.1 Å². The molecule has 0 atom stereocenters. The lowest BCUT2D eigenvalue weighted by Gasteiger charge is -2.11. The summed E-state index contributed by atoms with van der Waals surface area (Å²) >= 11 is 1.50. The zero-order chi connectivity index (χ0) is 25.4. The molecule has 0 fully saturated rings. The lowest BCUT2D eigenvalue weighted by atomic mass is 10.1. The molecule has 0 saturated heterocycles. The van der Waals surface area contributed by atoms with Gasteiger partial charge in [-0.15, -0.1) is 11.3 Å². The van der Waals surface area contributed by atoms with E-state index in [1.807, 2.05) is 47.8 Å². The van der Waals surface area contributed by atoms with Gasteiger partial charge in [-0.2, -0.15) is 15.2 Å². The molecule has 1 amide bonds. The Balaban J connectivity index is 1.58. The second-order valence-corrected chi connectivity index (χ2v) is 8.69. The van der Waals surface area contributed by atoms with E-state index in [9.17, 15) is 25.0 Å². The summed E-state index contributed by atoms with van der Waals surface area (Å²) in [6.07, 6.45) is 3.45. The van der Waals surface area contributed by atoms with E-state index in [-0.39, 0.29) is 11.3 Å². The molecule has 2 aromatic carbocycles. The SMILES string of the molecule is CC1=NN(c2ccc([N+](=O)[O-])cc2[N+](=O)[O-])C(=O)/C1=C\c1cn(-c2ccccc2)nc1-c1cccs1. The first-order chi connectivity index (χ1) is 17.3. The molecule has 1 aliphatic rings. The van der Waals surface area contributed by atoms with Gasteiger partial charge in [-0.3, -0.25) is 25.0 Å². The van der Waals surface area contributed by atoms with Gasteiger partial charge in [-0.05, 0) is 42.6 Å². The van der Waals surface area contributed by atoms with Crippen molar-refractivity contribution in [1.29, 1.82) is 0 Å². The topological polar surface area (TPSA) is 137 Å². The number of nitrogens with zero attached hydrogens (tertiary/aromatic N) is 6. The van der Waals surface area contributed by atoms with Gasteiger partial charge in [0.15, 0.2) is 0 Å². The van der Waals surface area contributed by atoms with Crippen molar-refractivity contribution in [3.63, 3.8) is 0 Å². The number of hydrogen-bond donors (Lipinski definition) is 0. The number of amides is 1. The van der Waals surface area contributed by atoms with E-state index in [0.29, 0.717) is 17.0 Å². The van der Waals surface area contributed by atoms with E-state index < -0.39 is 27.1 Å². The summed E-state index contributed by atoms with van der Waals surface area (Å²) in [7, 11) is 0. The number of non-ortho nitro benzene ring substituents is 1. The van der Waals surface area contributed by atoms with E-state index in [1.165, 1.54) is 11.3 Å². The molecule has 4 aromatic rings. The predicted molar refractivity (Wildman–Crippen MR) is 135 cm³/mol. The fraction of sp³-hybridized carbons (Fsp3) is 0.0417. The monoisotopic (exact) mass is 500 g/mol. The third kappa shape index (κ3) is 4.05. The van der Waals surface area contributed by atoms with E-state index in [2.05, 4.69) is 5.10 Å². The van der Waals surface area contributed by atoms with Gasteiger partial charge in [0.1, 0.15) is 11.4 Å². The summed E-state index contributed by atoms with van der Waals surface area (Å²) in [4.78, 5) is 35.4. The summed E-state index contributed by atoms with van der Waals surface area (Å²) in [6.45, 7) is 1.62. The second-order valence-electron chi connectivity index (χ2n) is 7.74. The fourth-order valence-electron chi connectivity index (χ4n) is 3.76. The summed E-state index contributed by atoms with van der Waals surface area (Å²) in [5, 5.41) is 34.4. The molecule has 0 bridgehead atoms. The number of para-hydroxylation sites is 1. The molecule has 36 heavy (non-hydrogen) atoms. The Labute approximate surface area is 207 Å². The Morgan fingerprint density at radius 3 is 2.44 bits per heavy atom. The first kappa shape index (κ1) is 22.8. The average molecular weight is 500 g/mol. The van der Waals surface area contributed by atoms with Crippen LogP contribution < -0.4 is 5.01 Å². The minimum absolute atomic E-state index is 0.156. The molecular formula is C24H16N6O5S. The van der Waals surface area contributed by atoms with Crippen molar-refractivity contribution < 1.29 is 14.6 Å². The number of aromatic nitrogens is 2. The van der Waals surface area contributed by atoms with Crippen molar-refractivity contribution in [2.24, 2.45) is 5.10 Å². The highest BCUT2D eigenvalue weighted by Crippen LogP contribution is 2.36. The Kier molecular flexibility index (Phi) is 5.70. The molecule has 0 spiro atoms. The molecule has 0 radical (unpaired) electrons. The Morgan fingerprint density at radius 1 is 1.00 bits per heavy atom. The largest absolute Gasteiger partial charge is 0.301 e. The van der Waals surface area contributed by atoms with Crippen LogP contribution in [-0.2, 0) is 4.79 Å². The molecule has 2 aromatic heterocycles. The van der Waals surface area contributed by atoms with Crippen LogP contribution in [0.5, 0.6) is 0 Å². The van der Waals surface area contributed by atoms with Crippen LogP contribution in [0.2, 0.25) is 0 Å². The molecule has 0 aliphatic carbocycles. The molecule has 11 nitrogen and oxygen atoms in total. The van der Waals surface area contributed by atoms with Gasteiger partial charge in [-0.25, -0.2) is 4.68 Å². The van der Waals surface area contributed by atoms with Crippen molar-refractivity contribution in [3.05, 3.63) is 104 Å². The highest BCUT2D eigenvalue weighted by molar-refractivity contribution is 7.13. The highest BCUT2D eigenvalue weighted by Gasteiger charge is 2.34. The normalized spacial score (nSPS) is 14.4. The molecular weight excluding hydrogens is 484 g/mol. The number of anilines is 1. The van der Waals surface area contributed by atoms with Crippen LogP contribution >= 0.6 is 11.3 Å². The third-order valence-corrected chi connectivity index (χ3v) is 6.35. The first-order valence-corrected chi connectivity index (χ1v) is 11.4. The maximum atomic E-state index is 13.4. The van der Waals surface area contributed by atoms with Crippen molar-refractivity contribution in [2.45, 2.75) is 6.92 Å². The van der Waals surface area contributed by atoms with E-state index in [1.54, 1.807) is 23.9 Å². The number of carbonyl (C=O) groups excluding carboxylic acids is 1. The smallest absolute Gasteiger partial charge is 0.267 e. The Bertz CT molecular complexity index is 1570. The van der Waals surface area contributed by atoms with Crippen molar-refractivity contribution in [3.8, 4) is 16.3 Å². The van der Waals surface area contributed by atoms with E-state index in [0.717, 1.165) is 33.8 Å². The number of nitro groups is 2. The van der Waals surface area contributed by atoms with Gasteiger partial charge in [0.25, 0.3) is 11.6 Å². The summed E-state index contributed by atoms with van der Waals surface area (Å²) in [5.41, 5.74) is 1.54. The van der Waals surface area contributed by atoms with Crippen molar-refractivity contribution in [1.82, 2.24) is 9.78 Å². The Hall–Kier alpha value is -4.97. The van der Waals surface area contributed by atoms with Crippen LogP contribution in [0.1, 0.15) is 12.5 Å². The van der Waals surface area contributed by atoms with Gasteiger partial charge < -0.3 is 0 Å². The van der Waals surface area contributed by atoms with Gasteiger partial charge in [0.05, 0.1) is 37.8 Å².